The minimum atomic E-state index is -4.10. The summed E-state index contributed by atoms with van der Waals surface area (Å²) in [4.78, 5) is 14.9. The number of furan rings is 1. The third kappa shape index (κ3) is 4.90. The van der Waals surface area contributed by atoms with Crippen LogP contribution in [0.3, 0.4) is 0 Å². The molecule has 1 fully saturated rings. The van der Waals surface area contributed by atoms with E-state index in [2.05, 4.69) is 0 Å². The Morgan fingerprint density at radius 3 is 2.35 bits per heavy atom. The zero-order valence-electron chi connectivity index (χ0n) is 20.5. The molecule has 1 amide bonds. The van der Waals surface area contributed by atoms with E-state index >= 15 is 0 Å². The smallest absolute Gasteiger partial charge is 0.289 e. The quantitative estimate of drug-likeness (QED) is 0.506. The normalized spacial score (nSPS) is 17.2. The molecule has 11 heteroatoms. The first-order chi connectivity index (χ1) is 17.5. The third-order valence-electron chi connectivity index (χ3n) is 7.16. The lowest BCUT2D eigenvalue weighted by atomic mass is 9.74. The maximum atomic E-state index is 13.2. The number of carbonyl (C=O) groups is 1. The second-order valence-corrected chi connectivity index (χ2v) is 14.2. The predicted molar refractivity (Wildman–Crippen MR) is 141 cm³/mol. The van der Waals surface area contributed by atoms with E-state index in [1.807, 2.05) is 36.4 Å². The van der Waals surface area contributed by atoms with Crippen LogP contribution in [0.4, 0.5) is 5.69 Å². The van der Waals surface area contributed by atoms with Gasteiger partial charge in [0.1, 0.15) is 5.76 Å². The number of anilines is 1. The van der Waals surface area contributed by atoms with Gasteiger partial charge >= 0.3 is 0 Å². The highest BCUT2D eigenvalue weighted by Gasteiger charge is 2.49. The summed E-state index contributed by atoms with van der Waals surface area (Å²) in [6.45, 7) is 1.25. The first-order valence-electron chi connectivity index (χ1n) is 12.0. The van der Waals surface area contributed by atoms with Crippen LogP contribution in [0.2, 0.25) is 0 Å². The SMILES string of the molecule is CS(=O)(=O)CS(=O)(=O)N1CC2(CCN(C(=O)c3ccc(-c4ccccc4)o3)CC2)c2cc(CN)ccc21. The second kappa shape index (κ2) is 9.30. The fraction of sp³-hybridized carbons (Fsp3) is 0.346. The number of piperidine rings is 1. The number of likely N-dealkylation sites (tertiary alicyclic amines) is 1. The predicted octanol–water partition coefficient (Wildman–Crippen LogP) is 2.73. The van der Waals surface area contributed by atoms with Crippen LogP contribution in [0, 0.1) is 0 Å². The van der Waals surface area contributed by atoms with E-state index in [0.717, 1.165) is 22.9 Å². The number of nitrogens with two attached hydrogens (primary N) is 1. The Bertz CT molecular complexity index is 1540. The van der Waals surface area contributed by atoms with Crippen LogP contribution in [0.25, 0.3) is 11.3 Å². The molecule has 0 atom stereocenters. The van der Waals surface area contributed by atoms with Gasteiger partial charge in [-0.05, 0) is 42.2 Å². The average Bonchev–Trinajstić information content (AvgIpc) is 3.48. The van der Waals surface area contributed by atoms with E-state index in [9.17, 15) is 21.6 Å². The molecular formula is C26H29N3O6S2. The molecule has 5 rings (SSSR count). The van der Waals surface area contributed by atoms with E-state index < -0.39 is 30.4 Å². The average molecular weight is 544 g/mol. The van der Waals surface area contributed by atoms with E-state index in [0.29, 0.717) is 43.9 Å². The van der Waals surface area contributed by atoms with Crippen LogP contribution < -0.4 is 10.0 Å². The fourth-order valence-electron chi connectivity index (χ4n) is 5.31. The monoisotopic (exact) mass is 543 g/mol. The Morgan fingerprint density at radius 2 is 1.70 bits per heavy atom. The number of benzene rings is 2. The molecule has 2 N–H and O–H groups in total. The summed E-state index contributed by atoms with van der Waals surface area (Å²) >= 11 is 0. The first-order valence-corrected chi connectivity index (χ1v) is 15.6. The van der Waals surface area contributed by atoms with Crippen molar-refractivity contribution in [2.24, 2.45) is 5.73 Å². The van der Waals surface area contributed by atoms with E-state index in [4.69, 9.17) is 10.2 Å². The molecule has 3 heterocycles. The number of carbonyl (C=O) groups excluding carboxylic acids is 1. The maximum Gasteiger partial charge on any atom is 0.289 e. The van der Waals surface area contributed by atoms with Gasteiger partial charge in [0.15, 0.2) is 20.7 Å². The van der Waals surface area contributed by atoms with Crippen LogP contribution >= 0.6 is 0 Å². The van der Waals surface area contributed by atoms with Crippen molar-refractivity contribution in [1.29, 1.82) is 0 Å². The number of hydrogen-bond acceptors (Lipinski definition) is 7. The Morgan fingerprint density at radius 1 is 1.00 bits per heavy atom. The number of nitrogens with zero attached hydrogens (tertiary/aromatic N) is 2. The van der Waals surface area contributed by atoms with Gasteiger partial charge in [-0.15, -0.1) is 0 Å². The minimum absolute atomic E-state index is 0.134. The summed E-state index contributed by atoms with van der Waals surface area (Å²) in [6.07, 6.45) is 1.96. The third-order valence-corrected chi connectivity index (χ3v) is 11.1. The van der Waals surface area contributed by atoms with Gasteiger partial charge in [-0.3, -0.25) is 9.10 Å². The number of rotatable bonds is 6. The van der Waals surface area contributed by atoms with Gasteiger partial charge in [0.2, 0.25) is 10.0 Å². The molecule has 0 saturated carbocycles. The van der Waals surface area contributed by atoms with Gasteiger partial charge < -0.3 is 15.1 Å². The molecule has 2 aliphatic rings. The number of sulfone groups is 1. The fourth-order valence-corrected chi connectivity index (χ4v) is 8.89. The molecule has 196 valence electrons. The topological polar surface area (TPSA) is 131 Å². The highest BCUT2D eigenvalue weighted by molar-refractivity contribution is 8.08. The van der Waals surface area contributed by atoms with Crippen molar-refractivity contribution in [1.82, 2.24) is 4.90 Å². The zero-order valence-corrected chi connectivity index (χ0v) is 22.1. The Labute approximate surface area is 216 Å². The lowest BCUT2D eigenvalue weighted by molar-refractivity contribution is 0.0644. The zero-order chi connectivity index (χ0) is 26.4. The van der Waals surface area contributed by atoms with Gasteiger partial charge in [-0.2, -0.15) is 0 Å². The standard InChI is InChI=1S/C26H29N3O6S2/c1-36(31,32)18-37(33,34)29-17-26(21-15-19(16-27)7-8-22(21)29)11-13-28(14-12-26)25(30)24-10-9-23(35-24)20-5-3-2-4-6-20/h2-10,15H,11-14,16-18,27H2,1H3. The van der Waals surface area contributed by atoms with Crippen LogP contribution in [0.1, 0.15) is 34.5 Å². The molecule has 1 aromatic heterocycles. The Balaban J connectivity index is 1.39. The van der Waals surface area contributed by atoms with Crippen molar-refractivity contribution in [3.63, 3.8) is 0 Å². The molecular weight excluding hydrogens is 514 g/mol. The van der Waals surface area contributed by atoms with E-state index in [1.165, 1.54) is 4.31 Å². The number of amides is 1. The van der Waals surface area contributed by atoms with Crippen molar-refractivity contribution in [3.05, 3.63) is 77.6 Å². The van der Waals surface area contributed by atoms with Gasteiger partial charge in [-0.25, -0.2) is 16.8 Å². The molecule has 1 saturated heterocycles. The summed E-state index contributed by atoms with van der Waals surface area (Å²) in [5.74, 6) is 0.653. The molecule has 2 aliphatic heterocycles. The van der Waals surface area contributed by atoms with Gasteiger partial charge in [0.25, 0.3) is 5.91 Å². The van der Waals surface area contributed by atoms with Crippen LogP contribution in [-0.2, 0) is 31.8 Å². The van der Waals surface area contributed by atoms with Crippen LogP contribution in [0.15, 0.2) is 65.1 Å². The van der Waals surface area contributed by atoms with Crippen molar-refractivity contribution < 1.29 is 26.0 Å². The molecule has 0 radical (unpaired) electrons. The molecule has 37 heavy (non-hydrogen) atoms. The molecule has 9 nitrogen and oxygen atoms in total. The summed E-state index contributed by atoms with van der Waals surface area (Å²) in [6, 6.07) is 18.4. The van der Waals surface area contributed by atoms with Gasteiger partial charge in [0.05, 0.1) is 5.69 Å². The Hall–Kier alpha value is -3.15. The largest absolute Gasteiger partial charge is 0.451 e. The Kier molecular flexibility index (Phi) is 6.41. The molecule has 1 spiro atoms. The van der Waals surface area contributed by atoms with Gasteiger partial charge in [-0.1, -0.05) is 42.5 Å². The maximum absolute atomic E-state index is 13.2. The number of hydrogen-bond donors (Lipinski definition) is 1. The van der Waals surface area contributed by atoms with Crippen molar-refractivity contribution in [2.45, 2.75) is 24.8 Å². The summed E-state index contributed by atoms with van der Waals surface area (Å²) in [5.41, 5.74) is 8.39. The van der Waals surface area contributed by atoms with Crippen LogP contribution in [-0.4, -0.2) is 58.6 Å². The van der Waals surface area contributed by atoms with Gasteiger partial charge in [0, 0.05) is 43.4 Å². The van der Waals surface area contributed by atoms with Crippen molar-refractivity contribution in [3.8, 4) is 11.3 Å². The summed E-state index contributed by atoms with van der Waals surface area (Å²) < 4.78 is 57.0. The minimum Gasteiger partial charge on any atom is -0.451 e. The lowest BCUT2D eigenvalue weighted by Crippen LogP contribution is -2.48. The molecule has 0 bridgehead atoms. The van der Waals surface area contributed by atoms with Crippen molar-refractivity contribution in [2.75, 3.05) is 35.3 Å². The number of sulfonamides is 1. The summed E-state index contributed by atoms with van der Waals surface area (Å²) in [7, 11) is -7.86. The number of fused-ring (bicyclic) bond motifs is 2. The van der Waals surface area contributed by atoms with E-state index in [1.54, 1.807) is 29.2 Å². The van der Waals surface area contributed by atoms with E-state index in [-0.39, 0.29) is 18.2 Å². The molecule has 2 aromatic carbocycles. The second-order valence-electron chi connectivity index (χ2n) is 9.82. The highest BCUT2D eigenvalue weighted by Crippen LogP contribution is 2.48. The molecule has 3 aromatic rings. The summed E-state index contributed by atoms with van der Waals surface area (Å²) in [5, 5.41) is -0.957. The molecule has 0 unspecified atom stereocenters. The van der Waals surface area contributed by atoms with Crippen molar-refractivity contribution >= 4 is 31.5 Å². The highest BCUT2D eigenvalue weighted by atomic mass is 32.3. The lowest BCUT2D eigenvalue weighted by Gasteiger charge is -2.39. The molecule has 0 aliphatic carbocycles. The van der Waals surface area contributed by atoms with Crippen LogP contribution in [0.5, 0.6) is 0 Å². The first kappa shape index (κ1) is 25.5.